The lowest BCUT2D eigenvalue weighted by Gasteiger charge is -2.02. The maximum Gasteiger partial charge on any atom is 0.406 e. The highest BCUT2D eigenvalue weighted by Crippen LogP contribution is 2.20. The van der Waals surface area contributed by atoms with Gasteiger partial charge in [0.1, 0.15) is 6.61 Å². The van der Waals surface area contributed by atoms with Crippen molar-refractivity contribution in [3.63, 3.8) is 0 Å². The second-order valence-electron chi connectivity index (χ2n) is 1.72. The van der Waals surface area contributed by atoms with E-state index in [9.17, 15) is 4.79 Å². The third kappa shape index (κ3) is 8.55. The van der Waals surface area contributed by atoms with Crippen LogP contribution >= 0.6 is 37.5 Å². The van der Waals surface area contributed by atoms with E-state index >= 15 is 0 Å². The summed E-state index contributed by atoms with van der Waals surface area (Å²) >= 11 is 3.32. The van der Waals surface area contributed by atoms with E-state index in [2.05, 4.69) is 21.2 Å². The molecule has 0 aliphatic heterocycles. The summed E-state index contributed by atoms with van der Waals surface area (Å²) in [5.41, 5.74) is 0. The quantitative estimate of drug-likeness (QED) is 0.457. The van der Waals surface area contributed by atoms with Crippen LogP contribution < -0.4 is 5.32 Å². The molecule has 6 heteroatoms. The van der Waals surface area contributed by atoms with Gasteiger partial charge >= 0.3 is 6.09 Å². The molecule has 0 aliphatic rings. The molecule has 0 saturated carbocycles. The molecule has 0 spiro atoms. The summed E-state index contributed by atoms with van der Waals surface area (Å²) in [6, 6.07) is 0. The van der Waals surface area contributed by atoms with E-state index < -0.39 is 0 Å². The predicted molar refractivity (Wildman–Crippen MR) is 59.1 cm³/mol. The Labute approximate surface area is 88.9 Å². The summed E-state index contributed by atoms with van der Waals surface area (Å²) in [4.78, 5) is 10.5. The lowest BCUT2D eigenvalue weighted by Crippen LogP contribution is -2.20. The molecule has 0 aromatic heterocycles. The normalized spacial score (nSPS) is 9.50. The summed E-state index contributed by atoms with van der Waals surface area (Å²) < 4.78 is 4.78. The van der Waals surface area contributed by atoms with Gasteiger partial charge in [-0.2, -0.15) is 0 Å². The zero-order valence-electron chi connectivity index (χ0n) is 6.84. The smallest absolute Gasteiger partial charge is 0.406 e. The highest BCUT2D eigenvalue weighted by atomic mass is 79.9. The Bertz CT molecular complexity index is 126. The van der Waals surface area contributed by atoms with Gasteiger partial charge in [0.15, 0.2) is 0 Å². The summed E-state index contributed by atoms with van der Waals surface area (Å²) in [7, 11) is 5.03. The lowest BCUT2D eigenvalue weighted by atomic mass is 10.8. The van der Waals surface area contributed by atoms with E-state index in [1.165, 1.54) is 0 Å². The van der Waals surface area contributed by atoms with Crippen LogP contribution in [0, 0.1) is 0 Å². The third-order valence-electron chi connectivity index (χ3n) is 0.848. The molecule has 1 N–H and O–H groups in total. The van der Waals surface area contributed by atoms with Gasteiger partial charge in [0.05, 0.1) is 0 Å². The second kappa shape index (κ2) is 9.54. The zero-order valence-corrected chi connectivity index (χ0v) is 10.1. The Balaban J connectivity index is 2.95. The molecular weight excluding hydrogens is 262 g/mol. The summed E-state index contributed by atoms with van der Waals surface area (Å²) in [5, 5.41) is 3.38. The maximum absolute atomic E-state index is 10.5. The van der Waals surface area contributed by atoms with E-state index in [0.29, 0.717) is 6.61 Å². The molecule has 0 aromatic rings. The standard InChI is InChI=1S/C6H12BrNO2S2/c1-8-6(9)10-3-5-12-11-4-2-7/h2-5H2,1H3,(H,8,9). The van der Waals surface area contributed by atoms with Crippen LogP contribution in [-0.2, 0) is 4.74 Å². The van der Waals surface area contributed by atoms with Gasteiger partial charge in [0, 0.05) is 23.9 Å². The summed E-state index contributed by atoms with van der Waals surface area (Å²) in [6.07, 6.45) is -0.360. The van der Waals surface area contributed by atoms with Crippen LogP contribution in [0.2, 0.25) is 0 Å². The fourth-order valence-electron chi connectivity index (χ4n) is 0.390. The molecule has 0 radical (unpaired) electrons. The molecule has 0 rings (SSSR count). The first-order chi connectivity index (χ1) is 5.81. The van der Waals surface area contributed by atoms with Crippen LogP contribution in [0.1, 0.15) is 0 Å². The van der Waals surface area contributed by atoms with Crippen molar-refractivity contribution in [1.29, 1.82) is 0 Å². The number of hydrogen-bond acceptors (Lipinski definition) is 4. The molecule has 0 saturated heterocycles. The fraction of sp³-hybridized carbons (Fsp3) is 0.833. The van der Waals surface area contributed by atoms with Crippen molar-refractivity contribution in [2.45, 2.75) is 0 Å². The highest BCUT2D eigenvalue weighted by molar-refractivity contribution is 9.09. The topological polar surface area (TPSA) is 38.3 Å². The van der Waals surface area contributed by atoms with Gasteiger partial charge < -0.3 is 10.1 Å². The Kier molecular flexibility index (Phi) is 9.89. The molecular formula is C6H12BrNO2S2. The highest BCUT2D eigenvalue weighted by Gasteiger charge is 1.96. The molecule has 0 bridgehead atoms. The molecule has 0 atom stereocenters. The number of ether oxygens (including phenoxy) is 1. The minimum absolute atomic E-state index is 0.360. The Morgan fingerprint density at radius 1 is 1.50 bits per heavy atom. The monoisotopic (exact) mass is 273 g/mol. The maximum atomic E-state index is 10.5. The van der Waals surface area contributed by atoms with Crippen LogP contribution in [0.15, 0.2) is 0 Å². The average molecular weight is 274 g/mol. The Morgan fingerprint density at radius 3 is 2.75 bits per heavy atom. The zero-order chi connectivity index (χ0) is 9.23. The average Bonchev–Trinajstić information content (AvgIpc) is 2.10. The number of carbonyl (C=O) groups excluding carboxylic acids is 1. The van der Waals surface area contributed by atoms with E-state index in [4.69, 9.17) is 4.74 Å². The van der Waals surface area contributed by atoms with Crippen molar-refractivity contribution < 1.29 is 9.53 Å². The van der Waals surface area contributed by atoms with E-state index in [1.54, 1.807) is 28.6 Å². The predicted octanol–water partition coefficient (Wildman–Crippen LogP) is 2.12. The molecule has 12 heavy (non-hydrogen) atoms. The number of amides is 1. The molecule has 72 valence electrons. The first-order valence-corrected chi connectivity index (χ1v) is 7.07. The first-order valence-electron chi connectivity index (χ1n) is 3.46. The van der Waals surface area contributed by atoms with Crippen molar-refractivity contribution in [2.75, 3.05) is 30.5 Å². The van der Waals surface area contributed by atoms with Crippen LogP contribution in [0.4, 0.5) is 4.79 Å². The fourth-order valence-corrected chi connectivity index (χ4v) is 3.13. The number of alkyl carbamates (subject to hydrolysis) is 1. The molecule has 0 aromatic carbocycles. The molecule has 0 heterocycles. The Hall–Kier alpha value is 0.450. The Morgan fingerprint density at radius 2 is 2.17 bits per heavy atom. The SMILES string of the molecule is CNC(=O)OCCSSCCBr. The van der Waals surface area contributed by atoms with Crippen molar-refractivity contribution in [3.05, 3.63) is 0 Å². The number of alkyl halides is 1. The second-order valence-corrected chi connectivity index (χ2v) is 5.21. The number of hydrogen-bond donors (Lipinski definition) is 1. The largest absolute Gasteiger partial charge is 0.449 e. The first kappa shape index (κ1) is 12.4. The molecule has 3 nitrogen and oxygen atoms in total. The number of nitrogens with one attached hydrogen (secondary N) is 1. The summed E-state index contributed by atoms with van der Waals surface area (Å²) in [6.45, 7) is 0.472. The molecule has 0 unspecified atom stereocenters. The van der Waals surface area contributed by atoms with Gasteiger partial charge in [0.25, 0.3) is 0 Å². The van der Waals surface area contributed by atoms with Crippen LogP contribution in [0.3, 0.4) is 0 Å². The van der Waals surface area contributed by atoms with Gasteiger partial charge in [-0.05, 0) is 0 Å². The van der Waals surface area contributed by atoms with Gasteiger partial charge in [0.2, 0.25) is 0 Å². The van der Waals surface area contributed by atoms with Crippen molar-refractivity contribution in [1.82, 2.24) is 5.32 Å². The van der Waals surface area contributed by atoms with E-state index in [-0.39, 0.29) is 6.09 Å². The lowest BCUT2D eigenvalue weighted by molar-refractivity contribution is 0.155. The molecule has 1 amide bonds. The van der Waals surface area contributed by atoms with Crippen LogP contribution in [0.25, 0.3) is 0 Å². The molecule has 0 fully saturated rings. The van der Waals surface area contributed by atoms with Crippen molar-refractivity contribution >= 4 is 43.6 Å². The van der Waals surface area contributed by atoms with Gasteiger partial charge in [-0.15, -0.1) is 0 Å². The number of halogens is 1. The van der Waals surface area contributed by atoms with Gasteiger partial charge in [-0.1, -0.05) is 37.5 Å². The van der Waals surface area contributed by atoms with E-state index in [0.717, 1.165) is 16.8 Å². The van der Waals surface area contributed by atoms with Gasteiger partial charge in [-0.25, -0.2) is 4.79 Å². The minimum Gasteiger partial charge on any atom is -0.449 e. The summed E-state index contributed by atoms with van der Waals surface area (Å²) in [5.74, 6) is 1.91. The number of rotatable bonds is 6. The van der Waals surface area contributed by atoms with Crippen LogP contribution in [0.5, 0.6) is 0 Å². The van der Waals surface area contributed by atoms with Gasteiger partial charge in [-0.3, -0.25) is 0 Å². The van der Waals surface area contributed by atoms with Crippen molar-refractivity contribution in [2.24, 2.45) is 0 Å². The molecule has 0 aliphatic carbocycles. The van der Waals surface area contributed by atoms with Crippen LogP contribution in [-0.4, -0.2) is 36.6 Å². The third-order valence-corrected chi connectivity index (χ3v) is 4.14. The van der Waals surface area contributed by atoms with Crippen molar-refractivity contribution in [3.8, 4) is 0 Å². The minimum atomic E-state index is -0.360. The number of carbonyl (C=O) groups is 1. The van der Waals surface area contributed by atoms with E-state index in [1.807, 2.05) is 0 Å².